The highest BCUT2D eigenvalue weighted by molar-refractivity contribution is 6.36. The number of hydrogen-bond donors (Lipinski definition) is 1. The van der Waals surface area contributed by atoms with Gasteiger partial charge in [0.05, 0.1) is 17.4 Å². The second kappa shape index (κ2) is 7.82. The molecule has 37 heavy (non-hydrogen) atoms. The lowest BCUT2D eigenvalue weighted by Gasteiger charge is -2.54. The number of carbonyl (C=O) groups excluding carboxylic acids is 3. The average molecular weight is 545 g/mol. The zero-order valence-electron chi connectivity index (χ0n) is 18.9. The molecular weight excluding hydrogens is 528 g/mol. The van der Waals surface area contributed by atoms with Crippen molar-refractivity contribution in [3.63, 3.8) is 0 Å². The summed E-state index contributed by atoms with van der Waals surface area (Å²) < 4.78 is 39.1. The highest BCUT2D eigenvalue weighted by atomic mass is 35.5. The summed E-state index contributed by atoms with van der Waals surface area (Å²) in [5.41, 5.74) is 1.46. The van der Waals surface area contributed by atoms with E-state index in [1.165, 1.54) is 6.07 Å². The molecule has 1 N–H and O–H groups in total. The molecule has 3 aromatic rings. The monoisotopic (exact) mass is 544 g/mol. The number of alkyl halides is 5. The molecule has 3 aliphatic carbocycles. The largest absolute Gasteiger partial charge is 0.416 e. The molecule has 0 unspecified atom stereocenters. The number of likely N-dealkylation sites (tertiary alicyclic amines) is 1. The maximum absolute atomic E-state index is 13.7. The van der Waals surface area contributed by atoms with Crippen LogP contribution in [0.4, 0.5) is 18.9 Å². The lowest BCUT2D eigenvalue weighted by Crippen LogP contribution is -2.57. The number of imide groups is 1. The molecular formula is C27H17Cl2F3N2O3. The highest BCUT2D eigenvalue weighted by Crippen LogP contribution is 2.69. The third kappa shape index (κ3) is 3.15. The van der Waals surface area contributed by atoms with Crippen molar-refractivity contribution in [2.45, 2.75) is 15.9 Å². The van der Waals surface area contributed by atoms with Crippen LogP contribution in [0, 0.1) is 11.8 Å². The number of nitrogens with zero attached hydrogens (tertiary/aromatic N) is 1. The van der Waals surface area contributed by atoms with Gasteiger partial charge in [-0.1, -0.05) is 54.6 Å². The van der Waals surface area contributed by atoms with Crippen LogP contribution in [-0.4, -0.2) is 29.2 Å². The second-order valence-electron chi connectivity index (χ2n) is 9.36. The number of amides is 3. The first-order valence-corrected chi connectivity index (χ1v) is 12.1. The van der Waals surface area contributed by atoms with Gasteiger partial charge in [0.15, 0.2) is 0 Å². The Balaban J connectivity index is 1.37. The van der Waals surface area contributed by atoms with Crippen LogP contribution >= 0.6 is 23.2 Å². The van der Waals surface area contributed by atoms with E-state index in [-0.39, 0.29) is 5.69 Å². The summed E-state index contributed by atoms with van der Waals surface area (Å²) in [6, 6.07) is 18.4. The Labute approximate surface area is 219 Å². The van der Waals surface area contributed by atoms with Crippen molar-refractivity contribution in [2.24, 2.45) is 11.8 Å². The summed E-state index contributed by atoms with van der Waals surface area (Å²) in [6.07, 6.45) is -4.59. The highest BCUT2D eigenvalue weighted by Gasteiger charge is 2.73. The molecule has 0 spiro atoms. The minimum atomic E-state index is -4.59. The molecule has 7 rings (SSSR count). The van der Waals surface area contributed by atoms with Gasteiger partial charge < -0.3 is 5.32 Å². The van der Waals surface area contributed by atoms with E-state index in [1.54, 1.807) is 48.5 Å². The van der Waals surface area contributed by atoms with Gasteiger partial charge in [0.2, 0.25) is 17.7 Å². The molecule has 2 atom stereocenters. The molecule has 5 nitrogen and oxygen atoms in total. The van der Waals surface area contributed by atoms with Gasteiger partial charge in [-0.25, -0.2) is 0 Å². The van der Waals surface area contributed by atoms with Crippen molar-refractivity contribution < 1.29 is 27.6 Å². The van der Waals surface area contributed by atoms with Gasteiger partial charge in [0.25, 0.3) is 0 Å². The van der Waals surface area contributed by atoms with Gasteiger partial charge in [-0.15, -0.1) is 23.2 Å². The fourth-order valence-corrected chi connectivity index (χ4v) is 7.10. The topological polar surface area (TPSA) is 66.5 Å². The van der Waals surface area contributed by atoms with Crippen molar-refractivity contribution in [3.8, 4) is 0 Å². The van der Waals surface area contributed by atoms with E-state index >= 15 is 0 Å². The molecule has 188 valence electrons. The van der Waals surface area contributed by atoms with E-state index in [0.29, 0.717) is 22.3 Å². The Bertz CT molecular complexity index is 1380. The van der Waals surface area contributed by atoms with Crippen LogP contribution in [-0.2, 0) is 30.3 Å². The van der Waals surface area contributed by atoms with Crippen LogP contribution < -0.4 is 5.32 Å². The quantitative estimate of drug-likeness (QED) is 0.362. The Morgan fingerprint density at radius 2 is 1.27 bits per heavy atom. The van der Waals surface area contributed by atoms with Crippen LogP contribution in [0.2, 0.25) is 0 Å². The van der Waals surface area contributed by atoms with Crippen molar-refractivity contribution in [3.05, 3.63) is 101 Å². The van der Waals surface area contributed by atoms with Gasteiger partial charge in [0, 0.05) is 5.69 Å². The van der Waals surface area contributed by atoms with E-state index < -0.39 is 57.6 Å². The Hall–Kier alpha value is -3.36. The van der Waals surface area contributed by atoms with Gasteiger partial charge >= 0.3 is 6.18 Å². The molecule has 0 aromatic heterocycles. The van der Waals surface area contributed by atoms with Gasteiger partial charge in [0.1, 0.15) is 16.3 Å². The summed E-state index contributed by atoms with van der Waals surface area (Å²) in [7, 11) is 0. The van der Waals surface area contributed by atoms with E-state index in [9.17, 15) is 27.6 Å². The van der Waals surface area contributed by atoms with Gasteiger partial charge in [-0.3, -0.25) is 19.3 Å². The molecule has 2 bridgehead atoms. The fraction of sp³-hybridized carbons (Fsp3) is 0.222. The predicted molar refractivity (Wildman–Crippen MR) is 130 cm³/mol. The molecule has 4 aliphatic rings. The van der Waals surface area contributed by atoms with Gasteiger partial charge in [-0.2, -0.15) is 13.2 Å². The maximum atomic E-state index is 13.7. The Morgan fingerprint density at radius 3 is 1.70 bits per heavy atom. The van der Waals surface area contributed by atoms with Gasteiger partial charge in [-0.05, 0) is 40.5 Å². The molecule has 0 radical (unpaired) electrons. The summed E-state index contributed by atoms with van der Waals surface area (Å²) >= 11 is 14.6. The Morgan fingerprint density at radius 1 is 0.811 bits per heavy atom. The van der Waals surface area contributed by atoms with Crippen LogP contribution in [0.5, 0.6) is 0 Å². The molecule has 10 heteroatoms. The zero-order chi connectivity index (χ0) is 26.3. The van der Waals surface area contributed by atoms with Crippen molar-refractivity contribution in [1.82, 2.24) is 4.90 Å². The number of rotatable bonds is 3. The predicted octanol–water partition coefficient (Wildman–Crippen LogP) is 5.24. The lowest BCUT2D eigenvalue weighted by molar-refractivity contribution is -0.142. The summed E-state index contributed by atoms with van der Waals surface area (Å²) in [6.45, 7) is -0.687. The molecule has 1 saturated heterocycles. The smallest absolute Gasteiger partial charge is 0.325 e. The maximum Gasteiger partial charge on any atom is 0.416 e. The Kier molecular flexibility index (Phi) is 5.07. The molecule has 3 amide bonds. The van der Waals surface area contributed by atoms with E-state index in [0.717, 1.165) is 23.1 Å². The molecule has 1 fully saturated rings. The number of carbonyl (C=O) groups is 3. The number of benzene rings is 3. The summed E-state index contributed by atoms with van der Waals surface area (Å²) in [4.78, 5) is 38.3. The van der Waals surface area contributed by atoms with E-state index in [4.69, 9.17) is 23.2 Å². The van der Waals surface area contributed by atoms with E-state index in [2.05, 4.69) is 5.32 Å². The fourth-order valence-electron chi connectivity index (χ4n) is 6.00. The number of anilines is 1. The van der Waals surface area contributed by atoms with Crippen molar-refractivity contribution in [1.29, 1.82) is 0 Å². The normalized spacial score (nSPS) is 27.5. The third-order valence-electron chi connectivity index (χ3n) is 7.45. The summed E-state index contributed by atoms with van der Waals surface area (Å²) in [5.74, 6) is -4.26. The number of hydrogen-bond acceptors (Lipinski definition) is 3. The van der Waals surface area contributed by atoms with Crippen molar-refractivity contribution >= 4 is 46.6 Å². The third-order valence-corrected chi connectivity index (χ3v) is 8.74. The van der Waals surface area contributed by atoms with Crippen molar-refractivity contribution in [2.75, 3.05) is 11.9 Å². The number of nitrogens with one attached hydrogen (secondary N) is 1. The molecule has 1 heterocycles. The lowest BCUT2D eigenvalue weighted by atomic mass is 9.54. The van der Waals surface area contributed by atoms with Crippen LogP contribution in [0.25, 0.3) is 0 Å². The molecule has 0 saturated carbocycles. The van der Waals surface area contributed by atoms with E-state index in [1.807, 2.05) is 0 Å². The van der Waals surface area contributed by atoms with Crippen LogP contribution in [0.3, 0.4) is 0 Å². The first kappa shape index (κ1) is 24.0. The minimum Gasteiger partial charge on any atom is -0.325 e. The summed E-state index contributed by atoms with van der Waals surface area (Å²) in [5, 5.41) is 2.34. The first-order valence-electron chi connectivity index (χ1n) is 11.4. The van der Waals surface area contributed by atoms with Crippen LogP contribution in [0.1, 0.15) is 27.8 Å². The molecule has 3 aromatic carbocycles. The first-order chi connectivity index (χ1) is 17.5. The van der Waals surface area contributed by atoms with Crippen LogP contribution in [0.15, 0.2) is 72.8 Å². The standard InChI is InChI=1S/C27H17Cl2F3N2O3/c28-25-16-8-1-2-9-17(16)26(29,19-11-4-3-10-18(19)25)22-21(25)23(36)34(24(22)37)13-20(35)33-15-7-5-6-14(12-15)27(30,31)32/h1-12,21-22H,13H2,(H,33,35)/t21-,22-,25?,26?/m1/s1. The average Bonchev–Trinajstić information content (AvgIpc) is 3.13. The SMILES string of the molecule is O=C(CN1C(=O)[C@H]2[C@H](C1=O)C1(Cl)c3ccccc3C2(Cl)c2ccccc21)Nc1cccc(C(F)(F)F)c1. The minimum absolute atomic E-state index is 0.112. The second-order valence-corrected chi connectivity index (χ2v) is 10.6. The molecule has 1 aliphatic heterocycles. The number of halogens is 5. The zero-order valence-corrected chi connectivity index (χ0v) is 20.4.